The fourth-order valence-electron chi connectivity index (χ4n) is 0.695. The van der Waals surface area contributed by atoms with Crippen molar-refractivity contribution in [2.75, 3.05) is 18.5 Å². The molecule has 0 aromatic carbocycles. The number of nitrogens with one attached hydrogen (secondary N) is 1. The van der Waals surface area contributed by atoms with Crippen molar-refractivity contribution >= 4 is 38.4 Å². The predicted octanol–water partition coefficient (Wildman–Crippen LogP) is 1.88. The molecule has 0 atom stereocenters. The molecule has 0 bridgehead atoms. The lowest BCUT2D eigenvalue weighted by Gasteiger charge is -2.01. The van der Waals surface area contributed by atoms with E-state index in [1.54, 1.807) is 6.92 Å². The van der Waals surface area contributed by atoms with Crippen LogP contribution in [0.1, 0.15) is 6.92 Å². The number of rotatable bonds is 4. The number of esters is 1. The molecule has 1 aromatic rings. The minimum Gasteiger partial charge on any atom is -0.465 e. The minimum absolute atomic E-state index is 0.161. The number of hydrogen-bond acceptors (Lipinski definition) is 5. The Morgan fingerprint density at radius 1 is 1.85 bits per heavy atom. The second-order valence-corrected chi connectivity index (χ2v) is 3.80. The number of anilines is 1. The Labute approximate surface area is 88.4 Å². The molecular weight excluding hydrogens is 256 g/mol. The first-order chi connectivity index (χ1) is 6.22. The smallest absolute Gasteiger partial charge is 0.325 e. The van der Waals surface area contributed by atoms with E-state index in [1.165, 1.54) is 11.3 Å². The van der Waals surface area contributed by atoms with Crippen molar-refractivity contribution in [2.24, 2.45) is 0 Å². The molecule has 0 amide bonds. The Kier molecular flexibility index (Phi) is 4.17. The molecule has 6 heteroatoms. The second-order valence-electron chi connectivity index (χ2n) is 2.13. The molecule has 4 nitrogen and oxygen atoms in total. The standard InChI is InChI=1S/C7H9BrN2O2S/c1-2-12-6(11)3-9-7-10-5(8)4-13-7/h4H,2-3H2,1H3,(H,9,10). The zero-order valence-electron chi connectivity index (χ0n) is 7.04. The lowest BCUT2D eigenvalue weighted by Crippen LogP contribution is -2.16. The third-order valence-corrected chi connectivity index (χ3v) is 2.67. The van der Waals surface area contributed by atoms with Gasteiger partial charge in [-0.3, -0.25) is 4.79 Å². The van der Waals surface area contributed by atoms with E-state index < -0.39 is 0 Å². The largest absolute Gasteiger partial charge is 0.465 e. The van der Waals surface area contributed by atoms with Crippen molar-refractivity contribution in [3.8, 4) is 0 Å². The quantitative estimate of drug-likeness (QED) is 0.844. The highest BCUT2D eigenvalue weighted by atomic mass is 79.9. The molecular formula is C7H9BrN2O2S. The summed E-state index contributed by atoms with van der Waals surface area (Å²) < 4.78 is 5.50. The lowest BCUT2D eigenvalue weighted by atomic mass is 10.6. The number of thiazole rings is 1. The van der Waals surface area contributed by atoms with Crippen molar-refractivity contribution in [2.45, 2.75) is 6.92 Å². The molecule has 0 fully saturated rings. The topological polar surface area (TPSA) is 51.2 Å². The van der Waals surface area contributed by atoms with E-state index in [9.17, 15) is 4.79 Å². The number of halogens is 1. The zero-order chi connectivity index (χ0) is 9.68. The van der Waals surface area contributed by atoms with Gasteiger partial charge in [0.15, 0.2) is 5.13 Å². The molecule has 1 rings (SSSR count). The molecule has 0 unspecified atom stereocenters. The summed E-state index contributed by atoms with van der Waals surface area (Å²) in [5.74, 6) is -0.270. The molecule has 0 aliphatic rings. The number of aromatic nitrogens is 1. The number of carbonyl (C=O) groups is 1. The average Bonchev–Trinajstić information content (AvgIpc) is 2.49. The van der Waals surface area contributed by atoms with Crippen LogP contribution < -0.4 is 5.32 Å². The Balaban J connectivity index is 2.30. The van der Waals surface area contributed by atoms with Gasteiger partial charge in [0.05, 0.1) is 6.61 Å². The summed E-state index contributed by atoms with van der Waals surface area (Å²) >= 11 is 4.65. The van der Waals surface area contributed by atoms with Crippen molar-refractivity contribution in [3.63, 3.8) is 0 Å². The van der Waals surface area contributed by atoms with Gasteiger partial charge < -0.3 is 10.1 Å². The SMILES string of the molecule is CCOC(=O)CNc1nc(Br)cs1. The molecule has 1 N–H and O–H groups in total. The van der Waals surface area contributed by atoms with E-state index in [1.807, 2.05) is 5.38 Å². The first kappa shape index (κ1) is 10.5. The summed E-state index contributed by atoms with van der Waals surface area (Å²) in [4.78, 5) is 15.0. The van der Waals surface area contributed by atoms with Crippen LogP contribution >= 0.6 is 27.3 Å². The third kappa shape index (κ3) is 3.73. The van der Waals surface area contributed by atoms with Crippen LogP contribution in [0, 0.1) is 0 Å². The van der Waals surface area contributed by atoms with Gasteiger partial charge in [0, 0.05) is 5.38 Å². The highest BCUT2D eigenvalue weighted by Gasteiger charge is 2.03. The van der Waals surface area contributed by atoms with Gasteiger partial charge in [0.2, 0.25) is 0 Å². The summed E-state index contributed by atoms with van der Waals surface area (Å²) in [5.41, 5.74) is 0. The normalized spacial score (nSPS) is 9.69. The number of hydrogen-bond donors (Lipinski definition) is 1. The van der Waals surface area contributed by atoms with Crippen LogP contribution in [-0.2, 0) is 9.53 Å². The van der Waals surface area contributed by atoms with E-state index in [0.29, 0.717) is 11.7 Å². The van der Waals surface area contributed by atoms with Crippen LogP contribution in [0.2, 0.25) is 0 Å². The minimum atomic E-state index is -0.270. The van der Waals surface area contributed by atoms with Crippen LogP contribution in [0.3, 0.4) is 0 Å². The molecule has 0 saturated carbocycles. The van der Waals surface area contributed by atoms with E-state index >= 15 is 0 Å². The fraction of sp³-hybridized carbons (Fsp3) is 0.429. The Morgan fingerprint density at radius 2 is 2.62 bits per heavy atom. The van der Waals surface area contributed by atoms with Crippen LogP contribution in [0.4, 0.5) is 5.13 Å². The van der Waals surface area contributed by atoms with E-state index in [4.69, 9.17) is 4.74 Å². The van der Waals surface area contributed by atoms with Gasteiger partial charge in [0.25, 0.3) is 0 Å². The van der Waals surface area contributed by atoms with Gasteiger partial charge in [0.1, 0.15) is 11.1 Å². The van der Waals surface area contributed by atoms with Crippen LogP contribution in [-0.4, -0.2) is 24.1 Å². The monoisotopic (exact) mass is 264 g/mol. The van der Waals surface area contributed by atoms with E-state index in [2.05, 4.69) is 26.2 Å². The first-order valence-electron chi connectivity index (χ1n) is 3.73. The molecule has 0 aliphatic heterocycles. The van der Waals surface area contributed by atoms with Gasteiger partial charge in [-0.15, -0.1) is 11.3 Å². The Hall–Kier alpha value is -0.620. The number of ether oxygens (including phenoxy) is 1. The maximum absolute atomic E-state index is 10.9. The average molecular weight is 265 g/mol. The summed E-state index contributed by atoms with van der Waals surface area (Å²) in [7, 11) is 0. The van der Waals surface area contributed by atoms with Gasteiger partial charge in [-0.25, -0.2) is 4.98 Å². The molecule has 0 aliphatic carbocycles. The highest BCUT2D eigenvalue weighted by Crippen LogP contribution is 2.18. The number of nitrogens with zero attached hydrogens (tertiary/aromatic N) is 1. The maximum Gasteiger partial charge on any atom is 0.325 e. The first-order valence-corrected chi connectivity index (χ1v) is 5.40. The Bertz CT molecular complexity index is 290. The Morgan fingerprint density at radius 3 is 3.15 bits per heavy atom. The molecule has 0 saturated heterocycles. The summed E-state index contributed by atoms with van der Waals surface area (Å²) in [5, 5.41) is 5.40. The number of carbonyl (C=O) groups excluding carboxylic acids is 1. The summed E-state index contributed by atoms with van der Waals surface area (Å²) in [6.07, 6.45) is 0. The predicted molar refractivity (Wildman–Crippen MR) is 54.9 cm³/mol. The molecule has 0 radical (unpaired) electrons. The molecule has 0 spiro atoms. The van der Waals surface area contributed by atoms with E-state index in [0.717, 1.165) is 4.60 Å². The van der Waals surface area contributed by atoms with Crippen LogP contribution in [0.5, 0.6) is 0 Å². The van der Waals surface area contributed by atoms with Crippen molar-refractivity contribution in [1.82, 2.24) is 4.98 Å². The maximum atomic E-state index is 10.9. The van der Waals surface area contributed by atoms with Crippen LogP contribution in [0.15, 0.2) is 9.98 Å². The van der Waals surface area contributed by atoms with Gasteiger partial charge in [-0.2, -0.15) is 0 Å². The van der Waals surface area contributed by atoms with Gasteiger partial charge in [-0.05, 0) is 22.9 Å². The highest BCUT2D eigenvalue weighted by molar-refractivity contribution is 9.10. The second kappa shape index (κ2) is 5.18. The van der Waals surface area contributed by atoms with Crippen molar-refractivity contribution < 1.29 is 9.53 Å². The van der Waals surface area contributed by atoms with Crippen molar-refractivity contribution in [1.29, 1.82) is 0 Å². The summed E-state index contributed by atoms with van der Waals surface area (Å²) in [6.45, 7) is 2.34. The van der Waals surface area contributed by atoms with Gasteiger partial charge in [-0.1, -0.05) is 0 Å². The zero-order valence-corrected chi connectivity index (χ0v) is 9.44. The van der Waals surface area contributed by atoms with Crippen molar-refractivity contribution in [3.05, 3.63) is 9.98 Å². The summed E-state index contributed by atoms with van der Waals surface area (Å²) in [6, 6.07) is 0. The molecule has 1 heterocycles. The lowest BCUT2D eigenvalue weighted by molar-refractivity contribution is -0.140. The molecule has 13 heavy (non-hydrogen) atoms. The van der Waals surface area contributed by atoms with Crippen LogP contribution in [0.25, 0.3) is 0 Å². The van der Waals surface area contributed by atoms with Gasteiger partial charge >= 0.3 is 5.97 Å². The third-order valence-electron chi connectivity index (χ3n) is 1.17. The van der Waals surface area contributed by atoms with E-state index in [-0.39, 0.29) is 12.5 Å². The fourth-order valence-corrected chi connectivity index (χ4v) is 1.84. The molecule has 1 aromatic heterocycles. The molecule has 72 valence electrons.